The molecule has 0 unspecified atom stereocenters. The molecule has 0 fully saturated rings. The molecule has 0 aliphatic heterocycles. The van der Waals surface area contributed by atoms with Crippen LogP contribution in [0.5, 0.6) is 0 Å². The van der Waals surface area contributed by atoms with Crippen molar-refractivity contribution in [1.82, 2.24) is 15.3 Å². The molecule has 0 spiro atoms. The minimum absolute atomic E-state index is 0.157. The van der Waals surface area contributed by atoms with Gasteiger partial charge in [0.15, 0.2) is 0 Å². The van der Waals surface area contributed by atoms with Crippen LogP contribution in [-0.4, -0.2) is 30.0 Å². The molecule has 0 bridgehead atoms. The van der Waals surface area contributed by atoms with E-state index in [1.54, 1.807) is 18.3 Å². The highest BCUT2D eigenvalue weighted by atomic mass is 35.5. The van der Waals surface area contributed by atoms with Crippen LogP contribution >= 0.6 is 11.6 Å². The van der Waals surface area contributed by atoms with Gasteiger partial charge in [-0.3, -0.25) is 9.78 Å². The summed E-state index contributed by atoms with van der Waals surface area (Å²) in [6.07, 6.45) is 1.74. The minimum Gasteiger partial charge on any atom is -0.362 e. The number of fused-ring (bicyclic) bond motifs is 1. The average molecular weight is 355 g/mol. The number of carbonyl (C=O) groups excluding carboxylic acids is 1. The van der Waals surface area contributed by atoms with Crippen molar-refractivity contribution in [3.8, 4) is 0 Å². The lowest BCUT2D eigenvalue weighted by Crippen LogP contribution is -2.25. The Labute approximate surface area is 151 Å². The van der Waals surface area contributed by atoms with Crippen molar-refractivity contribution in [2.45, 2.75) is 13.5 Å². The van der Waals surface area contributed by atoms with E-state index >= 15 is 0 Å². The highest BCUT2D eigenvalue weighted by Crippen LogP contribution is 2.21. The number of halogens is 1. The minimum atomic E-state index is -0.157. The Morgan fingerprint density at radius 2 is 2.04 bits per heavy atom. The molecule has 0 radical (unpaired) electrons. The Kier molecular flexibility index (Phi) is 4.86. The highest BCUT2D eigenvalue weighted by molar-refractivity contribution is 6.31. The molecule has 1 amide bonds. The second-order valence-electron chi connectivity index (χ2n) is 6.02. The number of pyridine rings is 2. The number of benzene rings is 1. The van der Waals surface area contributed by atoms with Crippen LogP contribution < -0.4 is 10.2 Å². The molecular weight excluding hydrogens is 336 g/mol. The van der Waals surface area contributed by atoms with Gasteiger partial charge in [-0.15, -0.1) is 0 Å². The van der Waals surface area contributed by atoms with E-state index in [9.17, 15) is 4.79 Å². The van der Waals surface area contributed by atoms with Gasteiger partial charge >= 0.3 is 0 Å². The van der Waals surface area contributed by atoms with Crippen molar-refractivity contribution < 1.29 is 4.79 Å². The normalized spacial score (nSPS) is 10.7. The molecule has 1 aromatic carbocycles. The van der Waals surface area contributed by atoms with Gasteiger partial charge in [-0.05, 0) is 31.2 Å². The molecule has 3 aromatic rings. The first kappa shape index (κ1) is 17.2. The fraction of sp³-hybridized carbons (Fsp3) is 0.211. The van der Waals surface area contributed by atoms with Gasteiger partial charge in [0.25, 0.3) is 5.91 Å². The fourth-order valence-corrected chi connectivity index (χ4v) is 2.87. The van der Waals surface area contributed by atoms with Crippen molar-refractivity contribution >= 4 is 34.2 Å². The molecule has 0 aliphatic rings. The quantitative estimate of drug-likeness (QED) is 0.778. The maximum Gasteiger partial charge on any atom is 0.253 e. The third-order valence-electron chi connectivity index (χ3n) is 3.95. The molecule has 0 saturated heterocycles. The lowest BCUT2D eigenvalue weighted by Gasteiger charge is -2.16. The topological polar surface area (TPSA) is 58.1 Å². The van der Waals surface area contributed by atoms with Gasteiger partial charge in [-0.1, -0.05) is 23.7 Å². The predicted molar refractivity (Wildman–Crippen MR) is 101 cm³/mol. The van der Waals surface area contributed by atoms with Crippen LogP contribution in [0.25, 0.3) is 10.9 Å². The Morgan fingerprint density at radius 1 is 1.24 bits per heavy atom. The smallest absolute Gasteiger partial charge is 0.253 e. The monoisotopic (exact) mass is 354 g/mol. The van der Waals surface area contributed by atoms with Crippen LogP contribution in [0.15, 0.2) is 42.6 Å². The summed E-state index contributed by atoms with van der Waals surface area (Å²) < 4.78 is 0. The molecule has 0 saturated carbocycles. The Balaban J connectivity index is 1.83. The SMILES string of the molecule is Cc1nc2cc(Cl)ccc2cc1C(=O)NCc1cccnc1N(C)C. The number of aryl methyl sites for hydroxylation is 1. The highest BCUT2D eigenvalue weighted by Gasteiger charge is 2.13. The van der Waals surface area contributed by atoms with E-state index in [4.69, 9.17) is 11.6 Å². The van der Waals surface area contributed by atoms with E-state index in [0.717, 1.165) is 22.3 Å². The first-order chi connectivity index (χ1) is 12.0. The number of aromatic nitrogens is 2. The number of hydrogen-bond donors (Lipinski definition) is 1. The summed E-state index contributed by atoms with van der Waals surface area (Å²) in [4.78, 5) is 23.4. The second kappa shape index (κ2) is 7.07. The van der Waals surface area contributed by atoms with Gasteiger partial charge in [0.2, 0.25) is 0 Å². The zero-order valence-corrected chi connectivity index (χ0v) is 15.1. The standard InChI is InChI=1S/C19H19ClN4O/c1-12-16(9-13-6-7-15(20)10-17(13)23-12)19(25)22-11-14-5-4-8-21-18(14)24(2)3/h4-10H,11H2,1-3H3,(H,22,25). The van der Waals surface area contributed by atoms with E-state index < -0.39 is 0 Å². The first-order valence-electron chi connectivity index (χ1n) is 7.92. The van der Waals surface area contributed by atoms with E-state index in [1.165, 1.54) is 0 Å². The summed E-state index contributed by atoms with van der Waals surface area (Å²) in [5.41, 5.74) is 2.97. The summed E-state index contributed by atoms with van der Waals surface area (Å²) in [7, 11) is 3.85. The number of rotatable bonds is 4. The number of nitrogens with one attached hydrogen (secondary N) is 1. The van der Waals surface area contributed by atoms with E-state index in [0.29, 0.717) is 22.8 Å². The Hall–Kier alpha value is -2.66. The van der Waals surface area contributed by atoms with Crippen molar-refractivity contribution in [2.75, 3.05) is 19.0 Å². The number of hydrogen-bond acceptors (Lipinski definition) is 4. The third kappa shape index (κ3) is 3.72. The van der Waals surface area contributed by atoms with E-state index in [-0.39, 0.29) is 5.91 Å². The second-order valence-corrected chi connectivity index (χ2v) is 6.46. The summed E-state index contributed by atoms with van der Waals surface area (Å²) >= 11 is 6.00. The molecule has 128 valence electrons. The molecule has 1 N–H and O–H groups in total. The molecule has 5 nitrogen and oxygen atoms in total. The van der Waals surface area contributed by atoms with Crippen LogP contribution in [0.1, 0.15) is 21.6 Å². The van der Waals surface area contributed by atoms with Crippen LogP contribution in [0, 0.1) is 6.92 Å². The average Bonchev–Trinajstić information content (AvgIpc) is 2.59. The summed E-state index contributed by atoms with van der Waals surface area (Å²) in [5.74, 6) is 0.682. The number of amides is 1. The maximum atomic E-state index is 12.6. The molecule has 0 aliphatic carbocycles. The predicted octanol–water partition coefficient (Wildman–Crippen LogP) is 3.59. The number of anilines is 1. The zero-order valence-electron chi connectivity index (χ0n) is 14.4. The van der Waals surface area contributed by atoms with Crippen molar-refractivity contribution in [3.05, 3.63) is 64.4 Å². The van der Waals surface area contributed by atoms with E-state index in [2.05, 4.69) is 15.3 Å². The third-order valence-corrected chi connectivity index (χ3v) is 4.18. The number of carbonyl (C=O) groups is 1. The van der Waals surface area contributed by atoms with Crippen LogP contribution in [0.4, 0.5) is 5.82 Å². The lowest BCUT2D eigenvalue weighted by atomic mass is 10.1. The Morgan fingerprint density at radius 3 is 2.80 bits per heavy atom. The van der Waals surface area contributed by atoms with Gasteiger partial charge in [0, 0.05) is 42.8 Å². The van der Waals surface area contributed by atoms with Crippen molar-refractivity contribution in [1.29, 1.82) is 0 Å². The van der Waals surface area contributed by atoms with Gasteiger partial charge < -0.3 is 10.2 Å². The van der Waals surface area contributed by atoms with E-state index in [1.807, 2.05) is 50.2 Å². The summed E-state index contributed by atoms with van der Waals surface area (Å²) in [5, 5.41) is 4.47. The Bertz CT molecular complexity index is 940. The lowest BCUT2D eigenvalue weighted by molar-refractivity contribution is 0.0950. The molecule has 3 rings (SSSR count). The van der Waals surface area contributed by atoms with Crippen LogP contribution in [0.2, 0.25) is 5.02 Å². The van der Waals surface area contributed by atoms with Crippen molar-refractivity contribution in [2.24, 2.45) is 0 Å². The molecule has 6 heteroatoms. The van der Waals surface area contributed by atoms with Gasteiger partial charge in [0.05, 0.1) is 16.8 Å². The van der Waals surface area contributed by atoms with Gasteiger partial charge in [-0.25, -0.2) is 4.98 Å². The van der Waals surface area contributed by atoms with Crippen LogP contribution in [-0.2, 0) is 6.54 Å². The largest absolute Gasteiger partial charge is 0.362 e. The van der Waals surface area contributed by atoms with Crippen LogP contribution in [0.3, 0.4) is 0 Å². The summed E-state index contributed by atoms with van der Waals surface area (Å²) in [6, 6.07) is 11.1. The molecular formula is C19H19ClN4O. The van der Waals surface area contributed by atoms with Gasteiger partial charge in [-0.2, -0.15) is 0 Å². The molecule has 0 atom stereocenters. The zero-order chi connectivity index (χ0) is 18.0. The summed E-state index contributed by atoms with van der Waals surface area (Å²) in [6.45, 7) is 2.23. The maximum absolute atomic E-state index is 12.6. The molecule has 2 aromatic heterocycles. The molecule has 2 heterocycles. The van der Waals surface area contributed by atoms with Gasteiger partial charge in [0.1, 0.15) is 5.82 Å². The number of nitrogens with zero attached hydrogens (tertiary/aromatic N) is 3. The molecule has 25 heavy (non-hydrogen) atoms. The fourth-order valence-electron chi connectivity index (χ4n) is 2.71. The first-order valence-corrected chi connectivity index (χ1v) is 8.30. The van der Waals surface area contributed by atoms with Crippen molar-refractivity contribution in [3.63, 3.8) is 0 Å².